The lowest BCUT2D eigenvalue weighted by Gasteiger charge is -2.08. The maximum absolute atomic E-state index is 9.18. The Bertz CT molecular complexity index is 517. The highest BCUT2D eigenvalue weighted by Crippen LogP contribution is 2.33. The molecule has 0 unspecified atom stereocenters. The fraction of sp³-hybridized carbons (Fsp3) is 0.0909. The Morgan fingerprint density at radius 2 is 2.06 bits per heavy atom. The lowest BCUT2D eigenvalue weighted by molar-refractivity contribution is 0.281. The quantitative estimate of drug-likeness (QED) is 0.897. The maximum atomic E-state index is 9.18. The normalized spacial score (nSPS) is 10.4. The highest BCUT2D eigenvalue weighted by Gasteiger charge is 2.11. The van der Waals surface area contributed by atoms with E-state index >= 15 is 0 Å². The van der Waals surface area contributed by atoms with Gasteiger partial charge in [-0.15, -0.1) is 0 Å². The number of benzene rings is 1. The Morgan fingerprint density at radius 3 is 2.81 bits per heavy atom. The lowest BCUT2D eigenvalue weighted by atomic mass is 10.1. The van der Waals surface area contributed by atoms with Crippen molar-refractivity contribution in [2.24, 2.45) is 0 Å². The molecule has 1 aromatic carbocycles. The van der Waals surface area contributed by atoms with Gasteiger partial charge < -0.3 is 5.11 Å². The summed E-state index contributed by atoms with van der Waals surface area (Å²) in [5.74, 6) is 0. The van der Waals surface area contributed by atoms with Crippen molar-refractivity contribution in [2.45, 2.75) is 6.61 Å². The van der Waals surface area contributed by atoms with Crippen LogP contribution in [-0.4, -0.2) is 15.1 Å². The number of aliphatic hydroxyl groups excluding tert-OH is 1. The first-order valence-corrected chi connectivity index (χ1v) is 5.33. The monoisotopic (exact) mass is 254 g/mol. The number of rotatable bonds is 2. The summed E-state index contributed by atoms with van der Waals surface area (Å²) in [7, 11) is 0. The maximum Gasteiger partial charge on any atom is 0.116 e. The predicted molar refractivity (Wildman–Crippen MR) is 63.4 cm³/mol. The van der Waals surface area contributed by atoms with E-state index in [1.54, 1.807) is 24.4 Å². The minimum absolute atomic E-state index is 0.140. The molecule has 0 saturated carbocycles. The van der Waals surface area contributed by atoms with Crippen LogP contribution in [0.2, 0.25) is 10.0 Å². The Hall–Kier alpha value is -1.16. The molecule has 0 fully saturated rings. The molecule has 0 aliphatic carbocycles. The van der Waals surface area contributed by atoms with E-state index < -0.39 is 0 Å². The van der Waals surface area contributed by atoms with E-state index in [9.17, 15) is 5.11 Å². The molecule has 1 heterocycles. The highest BCUT2D eigenvalue weighted by molar-refractivity contribution is 6.43. The fourth-order valence-electron chi connectivity index (χ4n) is 1.40. The fourth-order valence-corrected chi connectivity index (χ4v) is 1.79. The average Bonchev–Trinajstić information content (AvgIpc) is 2.33. The van der Waals surface area contributed by atoms with Gasteiger partial charge in [0.1, 0.15) is 6.33 Å². The summed E-state index contributed by atoms with van der Waals surface area (Å²) in [5, 5.41) is 10.1. The number of hydrogen-bond acceptors (Lipinski definition) is 3. The van der Waals surface area contributed by atoms with Crippen LogP contribution in [0.1, 0.15) is 5.56 Å². The van der Waals surface area contributed by atoms with Gasteiger partial charge in [0.05, 0.1) is 22.3 Å². The second kappa shape index (κ2) is 4.78. The molecule has 0 aliphatic rings. The van der Waals surface area contributed by atoms with Gasteiger partial charge in [0.15, 0.2) is 0 Å². The van der Waals surface area contributed by atoms with Gasteiger partial charge in [-0.1, -0.05) is 35.3 Å². The third kappa shape index (κ3) is 2.02. The Kier molecular flexibility index (Phi) is 3.39. The van der Waals surface area contributed by atoms with Crippen molar-refractivity contribution in [1.82, 2.24) is 9.97 Å². The van der Waals surface area contributed by atoms with Gasteiger partial charge in [-0.3, -0.25) is 0 Å². The number of halogens is 2. The van der Waals surface area contributed by atoms with Crippen molar-refractivity contribution >= 4 is 23.2 Å². The summed E-state index contributed by atoms with van der Waals surface area (Å²) in [5.41, 5.74) is 1.91. The van der Waals surface area contributed by atoms with E-state index in [1.807, 2.05) is 0 Å². The number of nitrogens with zero attached hydrogens (tertiary/aromatic N) is 2. The molecular formula is C11H8Cl2N2O. The van der Waals surface area contributed by atoms with Crippen LogP contribution in [0.4, 0.5) is 0 Å². The Labute approximate surface area is 103 Å². The van der Waals surface area contributed by atoms with Crippen molar-refractivity contribution in [3.63, 3.8) is 0 Å². The van der Waals surface area contributed by atoms with Crippen LogP contribution in [0.25, 0.3) is 11.3 Å². The molecule has 1 N–H and O–H groups in total. The van der Waals surface area contributed by atoms with Crippen molar-refractivity contribution in [3.8, 4) is 11.3 Å². The van der Waals surface area contributed by atoms with E-state index in [0.29, 0.717) is 26.9 Å². The van der Waals surface area contributed by atoms with Gasteiger partial charge in [-0.2, -0.15) is 0 Å². The molecule has 0 atom stereocenters. The molecule has 0 radical (unpaired) electrons. The summed E-state index contributed by atoms with van der Waals surface area (Å²) in [6.45, 7) is -0.140. The first-order valence-electron chi connectivity index (χ1n) is 4.58. The number of hydrogen-bond donors (Lipinski definition) is 1. The van der Waals surface area contributed by atoms with Crippen molar-refractivity contribution < 1.29 is 5.11 Å². The standard InChI is InChI=1S/C11H8Cl2N2O/c12-9-3-1-2-8(10(9)13)11-7(5-16)4-14-6-15-11/h1-4,6,16H,5H2. The summed E-state index contributed by atoms with van der Waals surface area (Å²) < 4.78 is 0. The largest absolute Gasteiger partial charge is 0.392 e. The van der Waals surface area contributed by atoms with Crippen LogP contribution in [-0.2, 0) is 6.61 Å². The van der Waals surface area contributed by atoms with E-state index in [-0.39, 0.29) is 6.61 Å². The van der Waals surface area contributed by atoms with Crippen molar-refractivity contribution in [3.05, 3.63) is 46.3 Å². The summed E-state index contributed by atoms with van der Waals surface area (Å²) in [6, 6.07) is 5.29. The molecule has 3 nitrogen and oxygen atoms in total. The van der Waals surface area contributed by atoms with E-state index in [2.05, 4.69) is 9.97 Å². The summed E-state index contributed by atoms with van der Waals surface area (Å²) in [4.78, 5) is 7.95. The average molecular weight is 255 g/mol. The van der Waals surface area contributed by atoms with Crippen LogP contribution in [0.3, 0.4) is 0 Å². The van der Waals surface area contributed by atoms with Crippen molar-refractivity contribution in [1.29, 1.82) is 0 Å². The molecule has 5 heteroatoms. The minimum Gasteiger partial charge on any atom is -0.392 e. The van der Waals surface area contributed by atoms with Gasteiger partial charge in [0.2, 0.25) is 0 Å². The zero-order valence-corrected chi connectivity index (χ0v) is 9.70. The molecule has 2 rings (SSSR count). The Morgan fingerprint density at radius 1 is 1.25 bits per heavy atom. The van der Waals surface area contributed by atoms with Gasteiger partial charge in [0.25, 0.3) is 0 Å². The van der Waals surface area contributed by atoms with E-state index in [1.165, 1.54) is 6.33 Å². The third-order valence-electron chi connectivity index (χ3n) is 2.17. The second-order valence-electron chi connectivity index (χ2n) is 3.16. The van der Waals surface area contributed by atoms with Crippen LogP contribution in [0, 0.1) is 0 Å². The van der Waals surface area contributed by atoms with Crippen molar-refractivity contribution in [2.75, 3.05) is 0 Å². The van der Waals surface area contributed by atoms with Crippen LogP contribution >= 0.6 is 23.2 Å². The lowest BCUT2D eigenvalue weighted by Crippen LogP contribution is -1.95. The summed E-state index contributed by atoms with van der Waals surface area (Å²) >= 11 is 12.0. The molecule has 0 aliphatic heterocycles. The predicted octanol–water partition coefficient (Wildman–Crippen LogP) is 2.94. The van der Waals surface area contributed by atoms with Gasteiger partial charge in [-0.05, 0) is 6.07 Å². The first kappa shape index (κ1) is 11.3. The zero-order valence-electron chi connectivity index (χ0n) is 8.19. The number of aliphatic hydroxyl groups is 1. The molecule has 1 aromatic heterocycles. The minimum atomic E-state index is -0.140. The van der Waals surface area contributed by atoms with E-state index in [4.69, 9.17) is 23.2 Å². The topological polar surface area (TPSA) is 46.0 Å². The Balaban J connectivity index is 2.63. The SMILES string of the molecule is OCc1cncnc1-c1cccc(Cl)c1Cl. The number of aromatic nitrogens is 2. The summed E-state index contributed by atoms with van der Waals surface area (Å²) in [6.07, 6.45) is 2.96. The molecule has 2 aromatic rings. The van der Waals surface area contributed by atoms with E-state index in [0.717, 1.165) is 0 Å². The smallest absolute Gasteiger partial charge is 0.116 e. The molecule has 0 bridgehead atoms. The molecular weight excluding hydrogens is 247 g/mol. The molecule has 82 valence electrons. The molecule has 0 amide bonds. The molecule has 0 saturated heterocycles. The van der Waals surface area contributed by atoms with Gasteiger partial charge >= 0.3 is 0 Å². The first-order chi connectivity index (χ1) is 7.74. The van der Waals surface area contributed by atoms with Crippen LogP contribution in [0.15, 0.2) is 30.7 Å². The highest BCUT2D eigenvalue weighted by atomic mass is 35.5. The van der Waals surface area contributed by atoms with Gasteiger partial charge in [0, 0.05) is 17.3 Å². The molecule has 0 spiro atoms. The zero-order chi connectivity index (χ0) is 11.5. The third-order valence-corrected chi connectivity index (χ3v) is 2.98. The second-order valence-corrected chi connectivity index (χ2v) is 3.94. The van der Waals surface area contributed by atoms with Crippen LogP contribution < -0.4 is 0 Å². The van der Waals surface area contributed by atoms with Crippen LogP contribution in [0.5, 0.6) is 0 Å². The van der Waals surface area contributed by atoms with Gasteiger partial charge in [-0.25, -0.2) is 9.97 Å². The molecule has 16 heavy (non-hydrogen) atoms.